The van der Waals surface area contributed by atoms with Crippen LogP contribution in [-0.4, -0.2) is 57.9 Å². The minimum atomic E-state index is -3.28. The number of likely N-dealkylation sites (tertiary alicyclic amines) is 1. The summed E-state index contributed by atoms with van der Waals surface area (Å²) in [5.41, 5.74) is 1.36. The summed E-state index contributed by atoms with van der Waals surface area (Å²) in [5, 5.41) is 6.91. The first kappa shape index (κ1) is 21.9. The van der Waals surface area contributed by atoms with Crippen LogP contribution in [0.25, 0.3) is 0 Å². The molecule has 152 valence electrons. The molecule has 1 saturated heterocycles. The van der Waals surface area contributed by atoms with Crippen molar-refractivity contribution in [3.8, 4) is 0 Å². The van der Waals surface area contributed by atoms with E-state index in [1.165, 1.54) is 37.1 Å². The van der Waals surface area contributed by atoms with E-state index in [-0.39, 0.29) is 0 Å². The molecule has 0 radical (unpaired) electrons. The molecule has 0 saturated carbocycles. The minimum absolute atomic E-state index is 0.550. The molecule has 0 aromatic heterocycles. The largest absolute Gasteiger partial charge is 0.362 e. The van der Waals surface area contributed by atoms with Crippen molar-refractivity contribution in [2.45, 2.75) is 26.7 Å². The zero-order valence-electron chi connectivity index (χ0n) is 16.7. The van der Waals surface area contributed by atoms with Gasteiger partial charge in [0, 0.05) is 32.4 Å². The highest BCUT2D eigenvalue weighted by Gasteiger charge is 2.21. The fourth-order valence-electron chi connectivity index (χ4n) is 3.63. The molecule has 6 nitrogen and oxygen atoms in total. The molecule has 1 aliphatic rings. The van der Waals surface area contributed by atoms with Crippen LogP contribution in [0, 0.1) is 11.8 Å². The van der Waals surface area contributed by atoms with Crippen LogP contribution in [0.2, 0.25) is 0 Å². The Bertz CT molecular complexity index is 729. The number of anilines is 2. The molecule has 27 heavy (non-hydrogen) atoms. The van der Waals surface area contributed by atoms with Crippen LogP contribution in [0.1, 0.15) is 26.7 Å². The molecule has 0 unspecified atom stereocenters. The summed E-state index contributed by atoms with van der Waals surface area (Å²) in [4.78, 5) is 2.54. The van der Waals surface area contributed by atoms with E-state index >= 15 is 0 Å². The van der Waals surface area contributed by atoms with Crippen LogP contribution < -0.4 is 14.9 Å². The van der Waals surface area contributed by atoms with Gasteiger partial charge in [0.25, 0.3) is 0 Å². The minimum Gasteiger partial charge on any atom is -0.362 e. The number of hydrogen-bond donors (Lipinski definition) is 2. The third-order valence-electron chi connectivity index (χ3n) is 4.85. The average Bonchev–Trinajstić information content (AvgIpc) is 2.56. The van der Waals surface area contributed by atoms with Gasteiger partial charge in [-0.25, -0.2) is 8.42 Å². The number of nitrogens with zero attached hydrogens (tertiary/aromatic N) is 2. The molecule has 0 aliphatic carbocycles. The summed E-state index contributed by atoms with van der Waals surface area (Å²) in [6.07, 6.45) is 3.55. The van der Waals surface area contributed by atoms with Crippen molar-refractivity contribution < 1.29 is 8.42 Å². The molecule has 0 spiro atoms. The standard InChI is InChI=1S/C19H32N4O2S2/c1-15-11-16(2)14-23(13-15)10-6-9-20-19(26)21-17-7-5-8-18(12-17)22(3)27(4,24)25/h5,7-8,12,15-16H,6,9-11,13-14H2,1-4H3,(H2,20,21,26)/t15-,16+. The fraction of sp³-hybridized carbons (Fsp3) is 0.632. The highest BCUT2D eigenvalue weighted by molar-refractivity contribution is 7.92. The number of rotatable bonds is 7. The Balaban J connectivity index is 1.76. The first-order valence-corrected chi connectivity index (χ1v) is 11.7. The molecular weight excluding hydrogens is 380 g/mol. The van der Waals surface area contributed by atoms with E-state index in [2.05, 4.69) is 29.4 Å². The second kappa shape index (κ2) is 9.71. The Morgan fingerprint density at radius 2 is 1.96 bits per heavy atom. The van der Waals surface area contributed by atoms with Gasteiger partial charge in [0.15, 0.2) is 5.11 Å². The molecule has 1 fully saturated rings. The number of piperidine rings is 1. The van der Waals surface area contributed by atoms with E-state index in [1.54, 1.807) is 18.2 Å². The number of thiocarbonyl (C=S) groups is 1. The summed E-state index contributed by atoms with van der Waals surface area (Å²) >= 11 is 5.36. The highest BCUT2D eigenvalue weighted by atomic mass is 32.2. The van der Waals surface area contributed by atoms with E-state index in [0.717, 1.165) is 37.0 Å². The molecule has 8 heteroatoms. The predicted molar refractivity (Wildman–Crippen MR) is 118 cm³/mol. The summed E-state index contributed by atoms with van der Waals surface area (Å²) in [6.45, 7) is 8.93. The van der Waals surface area contributed by atoms with Gasteiger partial charge in [-0.3, -0.25) is 4.31 Å². The van der Waals surface area contributed by atoms with Gasteiger partial charge in [-0.1, -0.05) is 19.9 Å². The van der Waals surface area contributed by atoms with Gasteiger partial charge in [-0.2, -0.15) is 0 Å². The number of nitrogens with one attached hydrogen (secondary N) is 2. The fourth-order valence-corrected chi connectivity index (χ4v) is 4.34. The number of hydrogen-bond acceptors (Lipinski definition) is 4. The Hall–Kier alpha value is -1.38. The van der Waals surface area contributed by atoms with Crippen molar-refractivity contribution in [3.05, 3.63) is 24.3 Å². The van der Waals surface area contributed by atoms with E-state index in [9.17, 15) is 8.42 Å². The molecule has 1 aromatic rings. The molecular formula is C19H32N4O2S2. The Labute approximate surface area is 169 Å². The second-order valence-corrected chi connectivity index (χ2v) is 10.1. The topological polar surface area (TPSA) is 64.7 Å². The van der Waals surface area contributed by atoms with Gasteiger partial charge in [-0.15, -0.1) is 0 Å². The van der Waals surface area contributed by atoms with E-state index in [1.807, 2.05) is 6.07 Å². The lowest BCUT2D eigenvalue weighted by atomic mass is 9.92. The molecule has 2 rings (SSSR count). The predicted octanol–water partition coefficient (Wildman–Crippen LogP) is 2.74. The average molecular weight is 413 g/mol. The summed E-state index contributed by atoms with van der Waals surface area (Å²) in [5.74, 6) is 1.56. The lowest BCUT2D eigenvalue weighted by Crippen LogP contribution is -2.40. The Morgan fingerprint density at radius 1 is 1.30 bits per heavy atom. The van der Waals surface area contributed by atoms with E-state index < -0.39 is 10.0 Å². The van der Waals surface area contributed by atoms with Crippen molar-refractivity contribution in [2.75, 3.05) is 49.1 Å². The highest BCUT2D eigenvalue weighted by Crippen LogP contribution is 2.21. The third-order valence-corrected chi connectivity index (χ3v) is 6.30. The molecule has 2 atom stereocenters. The van der Waals surface area contributed by atoms with Gasteiger partial charge < -0.3 is 15.5 Å². The third kappa shape index (κ3) is 7.27. The van der Waals surface area contributed by atoms with Crippen LogP contribution in [0.5, 0.6) is 0 Å². The SMILES string of the molecule is C[C@@H]1C[C@H](C)CN(CCCNC(=S)Nc2cccc(N(C)S(C)(=O)=O)c2)C1. The number of benzene rings is 1. The van der Waals surface area contributed by atoms with Crippen LogP contribution in [0.15, 0.2) is 24.3 Å². The lowest BCUT2D eigenvalue weighted by Gasteiger charge is -2.35. The van der Waals surface area contributed by atoms with Gasteiger partial charge in [0.1, 0.15) is 0 Å². The van der Waals surface area contributed by atoms with Crippen LogP contribution >= 0.6 is 12.2 Å². The van der Waals surface area contributed by atoms with E-state index in [4.69, 9.17) is 12.2 Å². The van der Waals surface area contributed by atoms with Gasteiger partial charge in [0.2, 0.25) is 10.0 Å². The number of sulfonamides is 1. The first-order valence-electron chi connectivity index (χ1n) is 9.46. The molecule has 0 amide bonds. The molecule has 0 bridgehead atoms. The summed E-state index contributed by atoms with van der Waals surface area (Å²) < 4.78 is 24.6. The van der Waals surface area contributed by atoms with Gasteiger partial charge in [-0.05, 0) is 61.6 Å². The smallest absolute Gasteiger partial charge is 0.231 e. The van der Waals surface area contributed by atoms with Crippen molar-refractivity contribution >= 4 is 38.7 Å². The monoisotopic (exact) mass is 412 g/mol. The Kier molecular flexibility index (Phi) is 7.88. The van der Waals surface area contributed by atoms with Crippen LogP contribution in [0.3, 0.4) is 0 Å². The zero-order valence-corrected chi connectivity index (χ0v) is 18.4. The maximum Gasteiger partial charge on any atom is 0.231 e. The zero-order chi connectivity index (χ0) is 20.0. The normalized spacial score (nSPS) is 20.9. The van der Waals surface area contributed by atoms with Crippen LogP contribution in [-0.2, 0) is 10.0 Å². The van der Waals surface area contributed by atoms with Crippen LogP contribution in [0.4, 0.5) is 11.4 Å². The second-order valence-electron chi connectivity index (χ2n) is 7.72. The maximum atomic E-state index is 11.7. The van der Waals surface area contributed by atoms with Crippen molar-refractivity contribution in [3.63, 3.8) is 0 Å². The molecule has 1 aliphatic heterocycles. The summed E-state index contributed by atoms with van der Waals surface area (Å²) in [7, 11) is -1.75. The quantitative estimate of drug-likeness (QED) is 0.530. The first-order chi connectivity index (χ1) is 12.6. The van der Waals surface area contributed by atoms with Crippen molar-refractivity contribution in [1.29, 1.82) is 0 Å². The van der Waals surface area contributed by atoms with Crippen molar-refractivity contribution in [1.82, 2.24) is 10.2 Å². The lowest BCUT2D eigenvalue weighted by molar-refractivity contribution is 0.140. The van der Waals surface area contributed by atoms with Gasteiger partial charge in [0.05, 0.1) is 11.9 Å². The molecule has 2 N–H and O–H groups in total. The maximum absolute atomic E-state index is 11.7. The Morgan fingerprint density at radius 3 is 2.59 bits per heavy atom. The summed E-state index contributed by atoms with van der Waals surface area (Å²) in [6, 6.07) is 7.19. The molecule has 1 heterocycles. The molecule has 1 aromatic carbocycles. The van der Waals surface area contributed by atoms with Crippen molar-refractivity contribution in [2.24, 2.45) is 11.8 Å². The van der Waals surface area contributed by atoms with Gasteiger partial charge >= 0.3 is 0 Å². The van der Waals surface area contributed by atoms with E-state index in [0.29, 0.717) is 10.8 Å².